The molecule has 138 valence electrons. The minimum absolute atomic E-state index is 0.121. The maximum absolute atomic E-state index is 13.0. The normalized spacial score (nSPS) is 19.8. The van der Waals surface area contributed by atoms with E-state index in [2.05, 4.69) is 10.6 Å². The number of benzene rings is 2. The van der Waals surface area contributed by atoms with E-state index in [1.165, 1.54) is 29.2 Å². The minimum atomic E-state index is -0.333. The molecule has 0 aliphatic carbocycles. The highest BCUT2D eigenvalue weighted by molar-refractivity contribution is 5.91. The Morgan fingerprint density at radius 1 is 1.12 bits per heavy atom. The van der Waals surface area contributed by atoms with Crippen LogP contribution in [0, 0.1) is 17.6 Å². The van der Waals surface area contributed by atoms with Gasteiger partial charge in [0.15, 0.2) is 0 Å². The van der Waals surface area contributed by atoms with E-state index in [1.54, 1.807) is 19.2 Å². The Labute approximate surface area is 152 Å². The SMILES string of the molecule is CN(C(=O)N[C@@H]1C[C@H](Cc2ccc(F)cc2)CCN1)c1ccc(F)cc1. The average molecular weight is 359 g/mol. The van der Waals surface area contributed by atoms with Crippen LogP contribution in [0.2, 0.25) is 0 Å². The summed E-state index contributed by atoms with van der Waals surface area (Å²) in [6, 6.07) is 12.1. The standard InChI is InChI=1S/C20H23F2N3O/c1-25(18-8-6-17(22)7-9-18)20(26)24-19-13-15(10-11-23-19)12-14-2-4-16(21)5-3-14/h2-9,15,19,23H,10-13H2,1H3,(H,24,26)/t15-,19+/m0/s1. The molecule has 6 heteroatoms. The predicted molar refractivity (Wildman–Crippen MR) is 98.0 cm³/mol. The molecule has 26 heavy (non-hydrogen) atoms. The van der Waals surface area contributed by atoms with E-state index in [-0.39, 0.29) is 23.8 Å². The zero-order chi connectivity index (χ0) is 18.5. The van der Waals surface area contributed by atoms with E-state index in [0.29, 0.717) is 11.6 Å². The molecule has 1 aliphatic heterocycles. The number of piperidine rings is 1. The molecule has 2 aromatic carbocycles. The van der Waals surface area contributed by atoms with Gasteiger partial charge in [0, 0.05) is 12.7 Å². The van der Waals surface area contributed by atoms with Crippen LogP contribution < -0.4 is 15.5 Å². The van der Waals surface area contributed by atoms with Crippen LogP contribution in [0.3, 0.4) is 0 Å². The molecule has 1 fully saturated rings. The Hall–Kier alpha value is -2.47. The van der Waals surface area contributed by atoms with Crippen molar-refractivity contribution < 1.29 is 13.6 Å². The van der Waals surface area contributed by atoms with Gasteiger partial charge < -0.3 is 5.32 Å². The van der Waals surface area contributed by atoms with Gasteiger partial charge in [-0.2, -0.15) is 0 Å². The second kappa shape index (κ2) is 8.27. The van der Waals surface area contributed by atoms with Gasteiger partial charge >= 0.3 is 6.03 Å². The van der Waals surface area contributed by atoms with E-state index in [0.717, 1.165) is 31.4 Å². The third-order valence-corrected chi connectivity index (χ3v) is 4.77. The highest BCUT2D eigenvalue weighted by Crippen LogP contribution is 2.21. The van der Waals surface area contributed by atoms with E-state index in [1.807, 2.05) is 12.1 Å². The van der Waals surface area contributed by atoms with Crippen LogP contribution in [0.4, 0.5) is 19.3 Å². The molecule has 4 nitrogen and oxygen atoms in total. The molecule has 3 rings (SSSR count). The van der Waals surface area contributed by atoms with Crippen molar-refractivity contribution in [1.29, 1.82) is 0 Å². The summed E-state index contributed by atoms with van der Waals surface area (Å²) in [5, 5.41) is 6.29. The summed E-state index contributed by atoms with van der Waals surface area (Å²) in [6.45, 7) is 0.817. The van der Waals surface area contributed by atoms with Gasteiger partial charge in [-0.1, -0.05) is 12.1 Å². The number of nitrogens with zero attached hydrogens (tertiary/aromatic N) is 1. The van der Waals surface area contributed by atoms with Crippen molar-refractivity contribution in [2.24, 2.45) is 5.92 Å². The van der Waals surface area contributed by atoms with Gasteiger partial charge in [0.1, 0.15) is 11.6 Å². The Morgan fingerprint density at radius 2 is 1.73 bits per heavy atom. The second-order valence-corrected chi connectivity index (χ2v) is 6.71. The smallest absolute Gasteiger partial charge is 0.322 e. The molecule has 1 saturated heterocycles. The summed E-state index contributed by atoms with van der Waals surface area (Å²) in [5.74, 6) is -0.142. The zero-order valence-corrected chi connectivity index (χ0v) is 14.7. The molecule has 0 radical (unpaired) electrons. The van der Waals surface area contributed by atoms with E-state index in [4.69, 9.17) is 0 Å². The van der Waals surface area contributed by atoms with Crippen LogP contribution in [0.25, 0.3) is 0 Å². The Bertz CT molecular complexity index is 734. The number of carbonyl (C=O) groups excluding carboxylic acids is 1. The average Bonchev–Trinajstić information content (AvgIpc) is 2.64. The zero-order valence-electron chi connectivity index (χ0n) is 14.7. The van der Waals surface area contributed by atoms with Gasteiger partial charge in [0.05, 0.1) is 6.17 Å². The second-order valence-electron chi connectivity index (χ2n) is 6.71. The van der Waals surface area contributed by atoms with E-state index >= 15 is 0 Å². The third kappa shape index (κ3) is 4.79. The first-order valence-corrected chi connectivity index (χ1v) is 8.79. The fraction of sp³-hybridized carbons (Fsp3) is 0.350. The quantitative estimate of drug-likeness (QED) is 0.875. The van der Waals surface area contributed by atoms with Crippen molar-refractivity contribution in [3.63, 3.8) is 0 Å². The molecule has 1 aliphatic rings. The van der Waals surface area contributed by atoms with Gasteiger partial charge in [-0.25, -0.2) is 13.6 Å². The van der Waals surface area contributed by atoms with Crippen LogP contribution in [0.5, 0.6) is 0 Å². The van der Waals surface area contributed by atoms with Gasteiger partial charge in [0.2, 0.25) is 0 Å². The molecule has 0 aromatic heterocycles. The first-order chi connectivity index (χ1) is 12.5. The van der Waals surface area contributed by atoms with Crippen LogP contribution in [0.15, 0.2) is 48.5 Å². The molecule has 0 saturated carbocycles. The van der Waals surface area contributed by atoms with Crippen molar-refractivity contribution >= 4 is 11.7 Å². The molecule has 2 aromatic rings. The van der Waals surface area contributed by atoms with Gasteiger partial charge in [-0.15, -0.1) is 0 Å². The van der Waals surface area contributed by atoms with Crippen LogP contribution >= 0.6 is 0 Å². The lowest BCUT2D eigenvalue weighted by Gasteiger charge is -2.32. The number of anilines is 1. The minimum Gasteiger partial charge on any atom is -0.322 e. The molecule has 1 heterocycles. The van der Waals surface area contributed by atoms with Crippen molar-refractivity contribution in [1.82, 2.24) is 10.6 Å². The van der Waals surface area contributed by atoms with Crippen molar-refractivity contribution in [2.45, 2.75) is 25.4 Å². The summed E-state index contributed by atoms with van der Waals surface area (Å²) in [5.41, 5.74) is 1.73. The highest BCUT2D eigenvalue weighted by Gasteiger charge is 2.24. The summed E-state index contributed by atoms with van der Waals surface area (Å²) in [7, 11) is 1.65. The van der Waals surface area contributed by atoms with Gasteiger partial charge in [0.25, 0.3) is 0 Å². The number of urea groups is 1. The summed E-state index contributed by atoms with van der Waals surface area (Å²) in [4.78, 5) is 13.9. The summed E-state index contributed by atoms with van der Waals surface area (Å²) >= 11 is 0. The number of amides is 2. The number of halogens is 2. The molecule has 2 N–H and O–H groups in total. The molecule has 0 bridgehead atoms. The summed E-state index contributed by atoms with van der Waals surface area (Å²) in [6.07, 6.45) is 2.56. The monoisotopic (exact) mass is 359 g/mol. The van der Waals surface area contributed by atoms with Crippen molar-refractivity contribution in [3.05, 3.63) is 65.7 Å². The molecule has 0 unspecified atom stereocenters. The maximum atomic E-state index is 13.0. The molecule has 2 atom stereocenters. The number of carbonyl (C=O) groups is 1. The fourth-order valence-electron chi connectivity index (χ4n) is 3.27. The molecule has 2 amide bonds. The van der Waals surface area contributed by atoms with Crippen LogP contribution in [-0.2, 0) is 6.42 Å². The third-order valence-electron chi connectivity index (χ3n) is 4.77. The lowest BCUT2D eigenvalue weighted by atomic mass is 9.89. The Balaban J connectivity index is 1.54. The fourth-order valence-corrected chi connectivity index (χ4v) is 3.27. The van der Waals surface area contributed by atoms with E-state index < -0.39 is 0 Å². The Kier molecular flexibility index (Phi) is 5.83. The molecule has 0 spiro atoms. The van der Waals surface area contributed by atoms with Gasteiger partial charge in [-0.3, -0.25) is 10.2 Å². The van der Waals surface area contributed by atoms with Gasteiger partial charge in [-0.05, 0) is 73.7 Å². The largest absolute Gasteiger partial charge is 0.322 e. The predicted octanol–water partition coefficient (Wildman–Crippen LogP) is 3.68. The van der Waals surface area contributed by atoms with Crippen molar-refractivity contribution in [2.75, 3.05) is 18.5 Å². The first-order valence-electron chi connectivity index (χ1n) is 8.79. The molecular formula is C20H23F2N3O. The maximum Gasteiger partial charge on any atom is 0.322 e. The van der Waals surface area contributed by atoms with Crippen molar-refractivity contribution in [3.8, 4) is 0 Å². The van der Waals surface area contributed by atoms with Crippen LogP contribution in [-0.4, -0.2) is 25.8 Å². The number of hydrogen-bond donors (Lipinski definition) is 2. The topological polar surface area (TPSA) is 44.4 Å². The summed E-state index contributed by atoms with van der Waals surface area (Å²) < 4.78 is 26.0. The lowest BCUT2D eigenvalue weighted by Crippen LogP contribution is -2.53. The molecular weight excluding hydrogens is 336 g/mol. The highest BCUT2D eigenvalue weighted by atomic mass is 19.1. The van der Waals surface area contributed by atoms with Crippen LogP contribution in [0.1, 0.15) is 18.4 Å². The van der Waals surface area contributed by atoms with E-state index in [9.17, 15) is 13.6 Å². The number of rotatable bonds is 4. The first kappa shape index (κ1) is 18.3. The Morgan fingerprint density at radius 3 is 2.38 bits per heavy atom. The number of nitrogens with one attached hydrogen (secondary N) is 2. The lowest BCUT2D eigenvalue weighted by molar-refractivity contribution is 0.226. The number of hydrogen-bond acceptors (Lipinski definition) is 2.